The van der Waals surface area contributed by atoms with Gasteiger partial charge in [-0.2, -0.15) is 0 Å². The fourth-order valence-corrected chi connectivity index (χ4v) is 3.07. The molecule has 0 saturated carbocycles. The highest BCUT2D eigenvalue weighted by atomic mass is 16.3. The average molecular weight is 388 g/mol. The molecular weight excluding hydrogens is 364 g/mol. The van der Waals surface area contributed by atoms with Crippen molar-refractivity contribution in [2.75, 3.05) is 6.54 Å². The molecule has 0 spiro atoms. The maximum Gasteiger partial charge on any atom is 0.226 e. The minimum atomic E-state index is -0.0302. The number of nitrogens with zero attached hydrogens (tertiary/aromatic N) is 2. The Kier molecular flexibility index (Phi) is 5.61. The molecule has 0 aliphatic heterocycles. The number of aliphatic imine (C=N–C) groups is 1. The number of fused-ring (bicyclic) bond motifs is 1. The Morgan fingerprint density at radius 3 is 2.69 bits per heavy atom. The van der Waals surface area contributed by atoms with Gasteiger partial charge in [-0.15, -0.1) is 0 Å². The minimum absolute atomic E-state index is 0.0302. The van der Waals surface area contributed by atoms with E-state index < -0.39 is 0 Å². The third-order valence-electron chi connectivity index (χ3n) is 4.54. The highest BCUT2D eigenvalue weighted by Crippen LogP contribution is 2.23. The summed E-state index contributed by atoms with van der Waals surface area (Å²) in [6.45, 7) is 5.26. The number of oxazole rings is 1. The number of hydrogen-bond acceptors (Lipinski definition) is 4. The zero-order chi connectivity index (χ0) is 20.1. The van der Waals surface area contributed by atoms with Crippen molar-refractivity contribution in [2.45, 2.75) is 26.4 Å². The second-order valence-electron chi connectivity index (χ2n) is 6.76. The number of para-hydroxylation sites is 1. The van der Waals surface area contributed by atoms with Crippen LogP contribution < -0.4 is 10.6 Å². The van der Waals surface area contributed by atoms with Gasteiger partial charge in [0.2, 0.25) is 5.89 Å². The first-order chi connectivity index (χ1) is 14.2. The van der Waals surface area contributed by atoms with Crippen molar-refractivity contribution in [3.63, 3.8) is 0 Å². The van der Waals surface area contributed by atoms with Gasteiger partial charge in [0, 0.05) is 17.5 Å². The quantitative estimate of drug-likeness (QED) is 0.363. The Morgan fingerprint density at radius 2 is 1.90 bits per heavy atom. The van der Waals surface area contributed by atoms with Crippen LogP contribution in [0.3, 0.4) is 0 Å². The van der Waals surface area contributed by atoms with E-state index in [1.807, 2.05) is 68.4 Å². The van der Waals surface area contributed by atoms with Crippen LogP contribution in [0.25, 0.3) is 22.4 Å². The molecule has 0 radical (unpaired) electrons. The largest absolute Gasteiger partial charge is 0.459 e. The molecule has 6 heteroatoms. The van der Waals surface area contributed by atoms with Crippen LogP contribution in [-0.2, 0) is 6.54 Å². The van der Waals surface area contributed by atoms with Gasteiger partial charge in [0.1, 0.15) is 23.3 Å². The second kappa shape index (κ2) is 8.65. The van der Waals surface area contributed by atoms with Crippen LogP contribution in [0.1, 0.15) is 31.3 Å². The van der Waals surface area contributed by atoms with Crippen LogP contribution >= 0.6 is 0 Å². The smallest absolute Gasteiger partial charge is 0.226 e. The minimum Gasteiger partial charge on any atom is -0.459 e. The number of aromatic nitrogens is 1. The first-order valence-corrected chi connectivity index (χ1v) is 9.76. The lowest BCUT2D eigenvalue weighted by molar-refractivity contribution is 0.488. The molecule has 1 unspecified atom stereocenters. The molecule has 0 saturated heterocycles. The molecule has 29 heavy (non-hydrogen) atoms. The summed E-state index contributed by atoms with van der Waals surface area (Å²) in [4.78, 5) is 9.17. The fourth-order valence-electron chi connectivity index (χ4n) is 3.07. The summed E-state index contributed by atoms with van der Waals surface area (Å²) in [5.41, 5.74) is 2.61. The van der Waals surface area contributed by atoms with Crippen LogP contribution in [0.2, 0.25) is 0 Å². The van der Waals surface area contributed by atoms with Gasteiger partial charge in [-0.05, 0) is 38.1 Å². The topological polar surface area (TPSA) is 75.6 Å². The van der Waals surface area contributed by atoms with E-state index in [2.05, 4.69) is 26.7 Å². The van der Waals surface area contributed by atoms with Crippen LogP contribution in [0.5, 0.6) is 0 Å². The predicted molar refractivity (Wildman–Crippen MR) is 115 cm³/mol. The lowest BCUT2D eigenvalue weighted by atomic mass is 10.2. The van der Waals surface area contributed by atoms with E-state index in [1.54, 1.807) is 6.26 Å². The lowest BCUT2D eigenvalue weighted by Crippen LogP contribution is -2.38. The molecule has 6 nitrogen and oxygen atoms in total. The van der Waals surface area contributed by atoms with Crippen molar-refractivity contribution in [3.05, 3.63) is 78.4 Å². The average Bonchev–Trinajstić information content (AvgIpc) is 3.40. The monoisotopic (exact) mass is 388 g/mol. The van der Waals surface area contributed by atoms with Gasteiger partial charge in [-0.25, -0.2) is 9.98 Å². The van der Waals surface area contributed by atoms with Crippen molar-refractivity contribution >= 4 is 16.9 Å². The van der Waals surface area contributed by atoms with E-state index in [0.29, 0.717) is 18.4 Å². The molecular formula is C23H24N4O2. The van der Waals surface area contributed by atoms with E-state index in [9.17, 15) is 0 Å². The molecule has 0 aliphatic rings. The molecule has 0 bridgehead atoms. The van der Waals surface area contributed by atoms with Gasteiger partial charge in [-0.3, -0.25) is 0 Å². The molecule has 2 heterocycles. The van der Waals surface area contributed by atoms with E-state index >= 15 is 0 Å². The SMILES string of the molecule is CCNC(=NCc1coc(-c2ccccc2)n1)NC(C)c1cc2ccccc2o1. The van der Waals surface area contributed by atoms with Gasteiger partial charge in [0.15, 0.2) is 5.96 Å². The number of hydrogen-bond donors (Lipinski definition) is 2. The number of benzene rings is 2. The lowest BCUT2D eigenvalue weighted by Gasteiger charge is -2.15. The van der Waals surface area contributed by atoms with Crippen molar-refractivity contribution in [2.24, 2.45) is 4.99 Å². The van der Waals surface area contributed by atoms with Crippen molar-refractivity contribution < 1.29 is 8.83 Å². The fraction of sp³-hybridized carbons (Fsp3) is 0.217. The molecule has 4 rings (SSSR count). The zero-order valence-electron chi connectivity index (χ0n) is 16.6. The van der Waals surface area contributed by atoms with Crippen molar-refractivity contribution in [1.29, 1.82) is 0 Å². The summed E-state index contributed by atoms with van der Waals surface area (Å²) in [5.74, 6) is 2.17. The molecule has 4 aromatic rings. The van der Waals surface area contributed by atoms with Crippen molar-refractivity contribution in [3.8, 4) is 11.5 Å². The summed E-state index contributed by atoms with van der Waals surface area (Å²) in [7, 11) is 0. The van der Waals surface area contributed by atoms with E-state index in [4.69, 9.17) is 8.83 Å². The Balaban J connectivity index is 1.45. The third kappa shape index (κ3) is 4.48. The first kappa shape index (κ1) is 18.8. The molecule has 1 atom stereocenters. The van der Waals surface area contributed by atoms with Crippen molar-refractivity contribution in [1.82, 2.24) is 15.6 Å². The molecule has 2 aromatic carbocycles. The molecule has 2 N–H and O–H groups in total. The number of guanidine groups is 1. The van der Waals surface area contributed by atoms with E-state index in [-0.39, 0.29) is 6.04 Å². The molecule has 0 fully saturated rings. The first-order valence-electron chi connectivity index (χ1n) is 9.76. The Bertz CT molecular complexity index is 1070. The maximum atomic E-state index is 5.95. The summed E-state index contributed by atoms with van der Waals surface area (Å²) >= 11 is 0. The Morgan fingerprint density at radius 1 is 1.10 bits per heavy atom. The van der Waals surface area contributed by atoms with Gasteiger partial charge in [0.25, 0.3) is 0 Å². The highest BCUT2D eigenvalue weighted by molar-refractivity contribution is 5.81. The summed E-state index contributed by atoms with van der Waals surface area (Å²) in [6, 6.07) is 19.9. The predicted octanol–water partition coefficient (Wildman–Crippen LogP) is 4.90. The second-order valence-corrected chi connectivity index (χ2v) is 6.76. The zero-order valence-corrected chi connectivity index (χ0v) is 16.6. The number of rotatable bonds is 6. The standard InChI is InChI=1S/C23H24N4O2/c1-3-24-23(26-16(2)21-13-18-11-7-8-12-20(18)29-21)25-14-19-15-28-22(27-19)17-9-5-4-6-10-17/h4-13,15-16H,3,14H2,1-2H3,(H2,24,25,26). The summed E-state index contributed by atoms with van der Waals surface area (Å²) < 4.78 is 11.5. The van der Waals surface area contributed by atoms with Crippen LogP contribution in [0.15, 0.2) is 80.8 Å². The number of furan rings is 1. The van der Waals surface area contributed by atoms with Gasteiger partial charge in [0.05, 0.1) is 12.6 Å². The molecule has 0 aliphatic carbocycles. The van der Waals surface area contributed by atoms with Gasteiger partial charge in [-0.1, -0.05) is 36.4 Å². The third-order valence-corrected chi connectivity index (χ3v) is 4.54. The normalized spacial score (nSPS) is 12.8. The molecule has 148 valence electrons. The summed E-state index contributed by atoms with van der Waals surface area (Å²) in [6.07, 6.45) is 1.65. The highest BCUT2D eigenvalue weighted by Gasteiger charge is 2.13. The Hall–Kier alpha value is -3.54. The van der Waals surface area contributed by atoms with Crippen LogP contribution in [0, 0.1) is 0 Å². The Labute approximate surface area is 169 Å². The van der Waals surface area contributed by atoms with Crippen LogP contribution in [0.4, 0.5) is 0 Å². The van der Waals surface area contributed by atoms with E-state index in [1.165, 1.54) is 0 Å². The van der Waals surface area contributed by atoms with E-state index in [0.717, 1.165) is 34.5 Å². The number of nitrogens with one attached hydrogen (secondary N) is 2. The van der Waals surface area contributed by atoms with Gasteiger partial charge >= 0.3 is 0 Å². The molecule has 0 amide bonds. The summed E-state index contributed by atoms with van der Waals surface area (Å²) in [5, 5.41) is 7.75. The molecule has 2 aromatic heterocycles. The van der Waals surface area contributed by atoms with Crippen LogP contribution in [-0.4, -0.2) is 17.5 Å². The maximum absolute atomic E-state index is 5.95. The van der Waals surface area contributed by atoms with Gasteiger partial charge < -0.3 is 19.5 Å².